The van der Waals surface area contributed by atoms with E-state index in [4.69, 9.17) is 0 Å². The first-order valence-electron chi connectivity index (χ1n) is 7.58. The summed E-state index contributed by atoms with van der Waals surface area (Å²) in [6.07, 6.45) is 3.62. The summed E-state index contributed by atoms with van der Waals surface area (Å²) in [5.74, 6) is 0.909. The Balaban J connectivity index is 1.99. The maximum atomic E-state index is 12.8. The summed E-state index contributed by atoms with van der Waals surface area (Å²) in [7, 11) is 0. The maximum Gasteiger partial charge on any atom is 0.196 e. The number of aryl methyl sites for hydroxylation is 1. The van der Waals surface area contributed by atoms with Crippen LogP contribution < -0.4 is 4.90 Å². The van der Waals surface area contributed by atoms with Crippen LogP contribution in [0.25, 0.3) is 0 Å². The van der Waals surface area contributed by atoms with E-state index in [9.17, 15) is 4.79 Å². The molecule has 3 nitrogen and oxygen atoms in total. The highest BCUT2D eigenvalue weighted by Gasteiger charge is 2.20. The average Bonchev–Trinajstić information content (AvgIpc) is 2.56. The van der Waals surface area contributed by atoms with Crippen LogP contribution >= 0.6 is 0 Å². The molecule has 21 heavy (non-hydrogen) atoms. The smallest absolute Gasteiger partial charge is 0.196 e. The zero-order valence-electron chi connectivity index (χ0n) is 12.4. The third-order valence-corrected chi connectivity index (χ3v) is 3.95. The van der Waals surface area contributed by atoms with Crippen molar-refractivity contribution in [3.63, 3.8) is 0 Å². The second-order valence-electron chi connectivity index (χ2n) is 5.57. The summed E-state index contributed by atoms with van der Waals surface area (Å²) < 4.78 is 0. The van der Waals surface area contributed by atoms with E-state index in [2.05, 4.69) is 9.88 Å². The lowest BCUT2D eigenvalue weighted by atomic mass is 10.0. The van der Waals surface area contributed by atoms with Gasteiger partial charge in [-0.05, 0) is 38.3 Å². The summed E-state index contributed by atoms with van der Waals surface area (Å²) in [4.78, 5) is 19.7. The average molecular weight is 280 g/mol. The van der Waals surface area contributed by atoms with Gasteiger partial charge < -0.3 is 4.90 Å². The Morgan fingerprint density at radius 3 is 2.43 bits per heavy atom. The molecule has 3 heteroatoms. The number of carbonyl (C=O) groups excluding carboxylic acids is 1. The van der Waals surface area contributed by atoms with E-state index in [0.29, 0.717) is 5.56 Å². The highest BCUT2D eigenvalue weighted by atomic mass is 16.1. The van der Waals surface area contributed by atoms with Crippen LogP contribution in [-0.2, 0) is 0 Å². The molecule has 108 valence electrons. The molecular weight excluding hydrogens is 260 g/mol. The molecule has 0 radical (unpaired) electrons. The predicted octanol–water partition coefficient (Wildman–Crippen LogP) is 3.61. The van der Waals surface area contributed by atoms with Crippen LogP contribution in [0.3, 0.4) is 0 Å². The third kappa shape index (κ3) is 2.97. The summed E-state index contributed by atoms with van der Waals surface area (Å²) in [5, 5.41) is 0. The van der Waals surface area contributed by atoms with E-state index in [1.807, 2.05) is 49.4 Å². The van der Waals surface area contributed by atoms with Crippen LogP contribution in [-0.4, -0.2) is 23.9 Å². The van der Waals surface area contributed by atoms with Gasteiger partial charge in [-0.2, -0.15) is 0 Å². The molecule has 0 N–H and O–H groups in total. The van der Waals surface area contributed by atoms with Crippen LogP contribution in [0.2, 0.25) is 0 Å². The van der Waals surface area contributed by atoms with Gasteiger partial charge in [0.15, 0.2) is 5.78 Å². The van der Waals surface area contributed by atoms with E-state index in [1.165, 1.54) is 19.3 Å². The Kier molecular flexibility index (Phi) is 4.00. The highest BCUT2D eigenvalue weighted by Crippen LogP contribution is 2.24. The lowest BCUT2D eigenvalue weighted by Crippen LogP contribution is -2.31. The number of hydrogen-bond acceptors (Lipinski definition) is 3. The zero-order valence-corrected chi connectivity index (χ0v) is 12.4. The van der Waals surface area contributed by atoms with E-state index in [0.717, 1.165) is 30.2 Å². The first kappa shape index (κ1) is 13.8. The molecule has 0 unspecified atom stereocenters. The van der Waals surface area contributed by atoms with Crippen molar-refractivity contribution < 1.29 is 4.79 Å². The molecule has 1 saturated heterocycles. The van der Waals surface area contributed by atoms with Crippen molar-refractivity contribution in [1.29, 1.82) is 0 Å². The number of nitrogens with zero attached hydrogens (tertiary/aromatic N) is 2. The number of hydrogen-bond donors (Lipinski definition) is 0. The lowest BCUT2D eigenvalue weighted by Gasteiger charge is -2.29. The number of ketones is 1. The van der Waals surface area contributed by atoms with Crippen molar-refractivity contribution in [2.24, 2.45) is 0 Å². The minimum Gasteiger partial charge on any atom is -0.356 e. The van der Waals surface area contributed by atoms with Gasteiger partial charge in [0, 0.05) is 24.3 Å². The zero-order chi connectivity index (χ0) is 14.7. The summed E-state index contributed by atoms with van der Waals surface area (Å²) in [6, 6.07) is 13.3. The molecule has 0 spiro atoms. The van der Waals surface area contributed by atoms with Gasteiger partial charge in [-0.25, -0.2) is 4.98 Å². The molecule has 1 fully saturated rings. The summed E-state index contributed by atoms with van der Waals surface area (Å²) in [5.41, 5.74) is 2.40. The molecule has 0 saturated carbocycles. The molecule has 0 atom stereocenters. The molecule has 1 aliphatic rings. The fourth-order valence-corrected chi connectivity index (χ4v) is 2.81. The van der Waals surface area contributed by atoms with Crippen LogP contribution in [0.15, 0.2) is 42.5 Å². The monoisotopic (exact) mass is 280 g/mol. The predicted molar refractivity (Wildman–Crippen MR) is 84.9 cm³/mol. The van der Waals surface area contributed by atoms with Gasteiger partial charge in [0.05, 0.1) is 5.56 Å². The molecule has 2 aromatic rings. The van der Waals surface area contributed by atoms with Gasteiger partial charge >= 0.3 is 0 Å². The molecule has 0 bridgehead atoms. The van der Waals surface area contributed by atoms with E-state index < -0.39 is 0 Å². The number of aromatic nitrogens is 1. The van der Waals surface area contributed by atoms with Crippen molar-refractivity contribution in [3.8, 4) is 0 Å². The molecule has 1 aromatic carbocycles. The van der Waals surface area contributed by atoms with Crippen molar-refractivity contribution in [3.05, 3.63) is 59.3 Å². The Morgan fingerprint density at radius 2 is 1.71 bits per heavy atom. The Morgan fingerprint density at radius 1 is 1.00 bits per heavy atom. The van der Waals surface area contributed by atoms with Crippen molar-refractivity contribution >= 4 is 11.6 Å². The normalized spacial score (nSPS) is 15.0. The SMILES string of the molecule is Cc1ccc(C(=O)c2ccccc2)c(N2CCCCC2)n1. The largest absolute Gasteiger partial charge is 0.356 e. The number of anilines is 1. The number of benzene rings is 1. The summed E-state index contributed by atoms with van der Waals surface area (Å²) >= 11 is 0. The van der Waals surface area contributed by atoms with Crippen molar-refractivity contribution in [1.82, 2.24) is 4.98 Å². The lowest BCUT2D eigenvalue weighted by molar-refractivity contribution is 0.103. The maximum absolute atomic E-state index is 12.8. The second-order valence-corrected chi connectivity index (χ2v) is 5.57. The van der Waals surface area contributed by atoms with Crippen LogP contribution in [0.1, 0.15) is 40.9 Å². The fraction of sp³-hybridized carbons (Fsp3) is 0.333. The standard InChI is InChI=1S/C18H20N2O/c1-14-10-11-16(17(21)15-8-4-2-5-9-15)18(19-14)20-12-6-3-7-13-20/h2,4-5,8-11H,3,6-7,12-13H2,1H3. The third-order valence-electron chi connectivity index (χ3n) is 3.95. The van der Waals surface area contributed by atoms with Gasteiger partial charge in [-0.3, -0.25) is 4.79 Å². The fourth-order valence-electron chi connectivity index (χ4n) is 2.81. The highest BCUT2D eigenvalue weighted by molar-refractivity contribution is 6.11. The second kappa shape index (κ2) is 6.08. The van der Waals surface area contributed by atoms with Crippen LogP contribution in [0.5, 0.6) is 0 Å². The molecule has 3 rings (SSSR count). The number of piperidine rings is 1. The summed E-state index contributed by atoms with van der Waals surface area (Å²) in [6.45, 7) is 3.96. The molecule has 0 aliphatic carbocycles. The molecule has 1 aliphatic heterocycles. The van der Waals surface area contributed by atoms with Crippen LogP contribution in [0, 0.1) is 6.92 Å². The number of rotatable bonds is 3. The van der Waals surface area contributed by atoms with E-state index in [1.54, 1.807) is 0 Å². The van der Waals surface area contributed by atoms with Crippen LogP contribution in [0.4, 0.5) is 5.82 Å². The Labute approximate surface area is 125 Å². The Hall–Kier alpha value is -2.16. The van der Waals surface area contributed by atoms with E-state index >= 15 is 0 Å². The first-order valence-corrected chi connectivity index (χ1v) is 7.58. The molecular formula is C18H20N2O. The molecule has 0 amide bonds. The minimum absolute atomic E-state index is 0.0590. The van der Waals surface area contributed by atoms with Crippen molar-refractivity contribution in [2.75, 3.05) is 18.0 Å². The Bertz CT molecular complexity index is 631. The van der Waals surface area contributed by atoms with Gasteiger partial charge in [-0.1, -0.05) is 30.3 Å². The van der Waals surface area contributed by atoms with Gasteiger partial charge in [0.1, 0.15) is 5.82 Å². The van der Waals surface area contributed by atoms with Gasteiger partial charge in [0.2, 0.25) is 0 Å². The molecule has 1 aromatic heterocycles. The molecule has 2 heterocycles. The number of pyridine rings is 1. The quantitative estimate of drug-likeness (QED) is 0.805. The first-order chi connectivity index (χ1) is 10.3. The van der Waals surface area contributed by atoms with Crippen molar-refractivity contribution in [2.45, 2.75) is 26.2 Å². The van der Waals surface area contributed by atoms with Gasteiger partial charge in [0.25, 0.3) is 0 Å². The number of carbonyl (C=O) groups is 1. The topological polar surface area (TPSA) is 33.2 Å². The van der Waals surface area contributed by atoms with E-state index in [-0.39, 0.29) is 5.78 Å². The van der Waals surface area contributed by atoms with Gasteiger partial charge in [-0.15, -0.1) is 0 Å². The minimum atomic E-state index is 0.0590.